The lowest BCUT2D eigenvalue weighted by Gasteiger charge is -2.37. The minimum atomic E-state index is 0.218. The van der Waals surface area contributed by atoms with Crippen molar-refractivity contribution in [2.24, 2.45) is 5.41 Å². The molecule has 20 heavy (non-hydrogen) atoms. The van der Waals surface area contributed by atoms with E-state index in [9.17, 15) is 5.11 Å². The van der Waals surface area contributed by atoms with Crippen LogP contribution in [0.2, 0.25) is 0 Å². The predicted octanol–water partition coefficient (Wildman–Crippen LogP) is 2.51. The second-order valence-corrected chi connectivity index (χ2v) is 5.66. The molecule has 0 radical (unpaired) electrons. The highest BCUT2D eigenvalue weighted by Gasteiger charge is 2.27. The van der Waals surface area contributed by atoms with Crippen LogP contribution in [0.25, 0.3) is 0 Å². The van der Waals surface area contributed by atoms with Crippen molar-refractivity contribution in [3.63, 3.8) is 0 Å². The maximum atomic E-state index is 9.33. The van der Waals surface area contributed by atoms with Crippen LogP contribution in [0.15, 0.2) is 30.3 Å². The van der Waals surface area contributed by atoms with Crippen molar-refractivity contribution in [3.05, 3.63) is 35.9 Å². The van der Waals surface area contributed by atoms with Crippen molar-refractivity contribution in [1.29, 1.82) is 0 Å². The first kappa shape index (κ1) is 17.2. The first-order valence-corrected chi connectivity index (χ1v) is 7.71. The molecule has 0 heterocycles. The van der Waals surface area contributed by atoms with Gasteiger partial charge in [-0.25, -0.2) is 0 Å². The number of hydrogen-bond donors (Lipinski definition) is 2. The molecular formula is C17H30N2O. The first-order valence-electron chi connectivity index (χ1n) is 7.71. The van der Waals surface area contributed by atoms with Crippen LogP contribution in [0.1, 0.15) is 32.3 Å². The summed E-state index contributed by atoms with van der Waals surface area (Å²) in [5.41, 5.74) is 1.60. The third-order valence-electron chi connectivity index (χ3n) is 4.28. The third kappa shape index (κ3) is 5.23. The van der Waals surface area contributed by atoms with E-state index < -0.39 is 0 Å². The molecule has 1 aromatic rings. The average molecular weight is 278 g/mol. The second kappa shape index (κ2) is 9.11. The van der Waals surface area contributed by atoms with Gasteiger partial charge in [0.15, 0.2) is 0 Å². The van der Waals surface area contributed by atoms with E-state index >= 15 is 0 Å². The largest absolute Gasteiger partial charge is 0.395 e. The van der Waals surface area contributed by atoms with E-state index in [0.29, 0.717) is 5.41 Å². The number of benzene rings is 1. The third-order valence-corrected chi connectivity index (χ3v) is 4.28. The highest BCUT2D eigenvalue weighted by atomic mass is 16.3. The van der Waals surface area contributed by atoms with Gasteiger partial charge < -0.3 is 10.4 Å². The van der Waals surface area contributed by atoms with Gasteiger partial charge in [0, 0.05) is 26.2 Å². The molecule has 0 bridgehead atoms. The van der Waals surface area contributed by atoms with Gasteiger partial charge in [0.1, 0.15) is 0 Å². The molecule has 3 nitrogen and oxygen atoms in total. The van der Waals surface area contributed by atoms with Crippen LogP contribution in [0.5, 0.6) is 0 Å². The normalized spacial score (nSPS) is 12.1. The van der Waals surface area contributed by atoms with E-state index in [4.69, 9.17) is 0 Å². The minimum Gasteiger partial charge on any atom is -0.395 e. The van der Waals surface area contributed by atoms with Gasteiger partial charge in [-0.3, -0.25) is 4.90 Å². The highest BCUT2D eigenvalue weighted by molar-refractivity contribution is 5.14. The fraction of sp³-hybridized carbons (Fsp3) is 0.647. The molecule has 0 aromatic heterocycles. The molecule has 0 fully saturated rings. The van der Waals surface area contributed by atoms with Crippen LogP contribution in [-0.4, -0.2) is 43.3 Å². The summed E-state index contributed by atoms with van der Waals surface area (Å²) in [6.45, 7) is 8.44. The number of nitrogens with one attached hydrogen (secondary N) is 1. The lowest BCUT2D eigenvalue weighted by atomic mass is 9.81. The van der Waals surface area contributed by atoms with Gasteiger partial charge in [0.05, 0.1) is 6.61 Å². The maximum Gasteiger partial charge on any atom is 0.0558 e. The van der Waals surface area contributed by atoms with Crippen LogP contribution in [0.4, 0.5) is 0 Å². The van der Waals surface area contributed by atoms with Crippen molar-refractivity contribution >= 4 is 0 Å². The zero-order valence-electron chi connectivity index (χ0n) is 13.2. The van der Waals surface area contributed by atoms with Crippen LogP contribution >= 0.6 is 0 Å². The molecule has 1 rings (SSSR count). The van der Waals surface area contributed by atoms with Crippen LogP contribution in [0.3, 0.4) is 0 Å². The fourth-order valence-electron chi connectivity index (χ4n) is 2.83. The Morgan fingerprint density at radius 3 is 2.30 bits per heavy atom. The Morgan fingerprint density at radius 1 is 1.15 bits per heavy atom. The van der Waals surface area contributed by atoms with Gasteiger partial charge in [-0.15, -0.1) is 0 Å². The van der Waals surface area contributed by atoms with Gasteiger partial charge in [-0.1, -0.05) is 44.2 Å². The Hall–Kier alpha value is -0.900. The van der Waals surface area contributed by atoms with Crippen LogP contribution < -0.4 is 5.32 Å². The molecule has 0 atom stereocenters. The van der Waals surface area contributed by atoms with Crippen molar-refractivity contribution in [2.45, 2.75) is 33.2 Å². The molecular weight excluding hydrogens is 248 g/mol. The van der Waals surface area contributed by atoms with Gasteiger partial charge in [-0.05, 0) is 30.9 Å². The molecule has 3 heteroatoms. The molecule has 0 saturated heterocycles. The second-order valence-electron chi connectivity index (χ2n) is 5.66. The number of aliphatic hydroxyl groups excluding tert-OH is 1. The lowest BCUT2D eigenvalue weighted by molar-refractivity contribution is 0.110. The summed E-state index contributed by atoms with van der Waals surface area (Å²) in [6, 6.07) is 10.5. The minimum absolute atomic E-state index is 0.218. The Kier molecular flexibility index (Phi) is 7.82. The molecule has 0 aliphatic rings. The van der Waals surface area contributed by atoms with E-state index in [0.717, 1.165) is 39.0 Å². The van der Waals surface area contributed by atoms with Gasteiger partial charge in [0.25, 0.3) is 0 Å². The van der Waals surface area contributed by atoms with Crippen molar-refractivity contribution in [2.75, 3.05) is 33.3 Å². The molecule has 0 saturated carbocycles. The summed E-state index contributed by atoms with van der Waals surface area (Å²) in [4.78, 5) is 2.37. The van der Waals surface area contributed by atoms with E-state index in [1.807, 2.05) is 13.1 Å². The van der Waals surface area contributed by atoms with Gasteiger partial charge >= 0.3 is 0 Å². The van der Waals surface area contributed by atoms with E-state index in [1.165, 1.54) is 5.56 Å². The van der Waals surface area contributed by atoms with Crippen LogP contribution in [-0.2, 0) is 6.54 Å². The summed E-state index contributed by atoms with van der Waals surface area (Å²) < 4.78 is 0. The molecule has 0 unspecified atom stereocenters. The van der Waals surface area contributed by atoms with Crippen molar-refractivity contribution < 1.29 is 5.11 Å². The molecule has 0 aliphatic carbocycles. The Labute approximate surface area is 124 Å². The predicted molar refractivity (Wildman–Crippen MR) is 85.7 cm³/mol. The molecule has 0 spiro atoms. The smallest absolute Gasteiger partial charge is 0.0558 e. The monoisotopic (exact) mass is 278 g/mol. The Balaban J connectivity index is 2.74. The van der Waals surface area contributed by atoms with E-state index in [1.54, 1.807) is 0 Å². The molecule has 2 N–H and O–H groups in total. The van der Waals surface area contributed by atoms with Crippen LogP contribution in [0, 0.1) is 5.41 Å². The molecule has 1 aromatic carbocycles. The van der Waals surface area contributed by atoms with Gasteiger partial charge in [-0.2, -0.15) is 0 Å². The standard InChI is InChI=1S/C17H30N2O/c1-4-17(5-2,14-18-3)15-19(11-12-20)13-16-9-7-6-8-10-16/h6-10,18,20H,4-5,11-15H2,1-3H3. The summed E-state index contributed by atoms with van der Waals surface area (Å²) in [5, 5.41) is 12.7. The quantitative estimate of drug-likeness (QED) is 0.690. The topological polar surface area (TPSA) is 35.5 Å². The highest BCUT2D eigenvalue weighted by Crippen LogP contribution is 2.27. The SMILES string of the molecule is CCC(CC)(CNC)CN(CCO)Cc1ccccc1. The summed E-state index contributed by atoms with van der Waals surface area (Å²) >= 11 is 0. The zero-order chi connectivity index (χ0) is 14.8. The number of nitrogens with zero attached hydrogens (tertiary/aromatic N) is 1. The number of rotatable bonds is 10. The number of aliphatic hydroxyl groups is 1. The fourth-order valence-corrected chi connectivity index (χ4v) is 2.83. The summed E-state index contributed by atoms with van der Waals surface area (Å²) in [6.07, 6.45) is 2.31. The summed E-state index contributed by atoms with van der Waals surface area (Å²) in [7, 11) is 2.02. The van der Waals surface area contributed by atoms with Crippen molar-refractivity contribution in [3.8, 4) is 0 Å². The Bertz CT molecular complexity index is 349. The first-order chi connectivity index (χ1) is 9.69. The molecule has 114 valence electrons. The maximum absolute atomic E-state index is 9.33. The zero-order valence-corrected chi connectivity index (χ0v) is 13.2. The lowest BCUT2D eigenvalue weighted by Crippen LogP contribution is -2.43. The number of hydrogen-bond acceptors (Lipinski definition) is 3. The molecule has 0 amide bonds. The van der Waals surface area contributed by atoms with Crippen molar-refractivity contribution in [1.82, 2.24) is 10.2 Å². The van der Waals surface area contributed by atoms with E-state index in [-0.39, 0.29) is 6.61 Å². The Morgan fingerprint density at radius 2 is 1.80 bits per heavy atom. The average Bonchev–Trinajstić information content (AvgIpc) is 2.48. The summed E-state index contributed by atoms with van der Waals surface area (Å²) in [5.74, 6) is 0. The van der Waals surface area contributed by atoms with Gasteiger partial charge in [0.2, 0.25) is 0 Å². The molecule has 0 aliphatic heterocycles. The van der Waals surface area contributed by atoms with E-state index in [2.05, 4.69) is 48.3 Å².